The van der Waals surface area contributed by atoms with E-state index in [0.717, 1.165) is 6.20 Å². The number of ketones is 1. The lowest BCUT2D eigenvalue weighted by Crippen LogP contribution is -2.24. The lowest BCUT2D eigenvalue weighted by atomic mass is 10.1. The monoisotopic (exact) mass is 299 g/mol. The average molecular weight is 300 g/mol. The van der Waals surface area contributed by atoms with Gasteiger partial charge in [-0.1, -0.05) is 0 Å². The second-order valence-electron chi connectivity index (χ2n) is 2.79. The van der Waals surface area contributed by atoms with Crippen LogP contribution in [-0.2, 0) is 6.18 Å². The predicted octanol–water partition coefficient (Wildman–Crippen LogP) is 1.36. The van der Waals surface area contributed by atoms with Gasteiger partial charge in [-0.05, 0) is 22.0 Å². The molecule has 2 N–H and O–H groups in total. The van der Waals surface area contributed by atoms with Gasteiger partial charge in [-0.15, -0.1) is 0 Å². The summed E-state index contributed by atoms with van der Waals surface area (Å²) >= 11 is 2.78. The summed E-state index contributed by atoms with van der Waals surface area (Å²) in [5, 5.41) is 17.0. The van der Waals surface area contributed by atoms with Crippen molar-refractivity contribution in [2.75, 3.05) is 0 Å². The van der Waals surface area contributed by atoms with Crippen molar-refractivity contribution in [2.24, 2.45) is 0 Å². The molecule has 8 heteroatoms. The first-order valence-corrected chi connectivity index (χ1v) is 4.66. The summed E-state index contributed by atoms with van der Waals surface area (Å²) in [5.41, 5.74) is -2.34. The van der Waals surface area contributed by atoms with E-state index >= 15 is 0 Å². The third kappa shape index (κ3) is 2.77. The highest BCUT2D eigenvalue weighted by Gasteiger charge is 2.37. The van der Waals surface area contributed by atoms with E-state index < -0.39 is 29.5 Å². The van der Waals surface area contributed by atoms with Gasteiger partial charge in [-0.2, -0.15) is 13.2 Å². The molecule has 0 aliphatic heterocycles. The molecule has 0 saturated carbocycles. The first-order valence-electron chi connectivity index (χ1n) is 3.86. The number of aliphatic hydroxyl groups is 2. The number of hydrogen-bond acceptors (Lipinski definition) is 4. The van der Waals surface area contributed by atoms with Crippen LogP contribution in [0.5, 0.6) is 0 Å². The van der Waals surface area contributed by atoms with E-state index in [1.807, 2.05) is 0 Å². The molecule has 0 saturated heterocycles. The molecule has 0 aromatic carbocycles. The van der Waals surface area contributed by atoms with Crippen LogP contribution in [0.15, 0.2) is 16.7 Å². The van der Waals surface area contributed by atoms with Crippen LogP contribution in [0.1, 0.15) is 16.1 Å². The summed E-state index contributed by atoms with van der Waals surface area (Å²) in [5.74, 6) is -1.50. The fourth-order valence-corrected chi connectivity index (χ4v) is 1.31. The van der Waals surface area contributed by atoms with Gasteiger partial charge in [0.2, 0.25) is 12.1 Å². The van der Waals surface area contributed by atoms with Crippen molar-refractivity contribution in [1.29, 1.82) is 0 Å². The van der Waals surface area contributed by atoms with E-state index in [1.165, 1.54) is 0 Å². The van der Waals surface area contributed by atoms with Crippen molar-refractivity contribution in [3.8, 4) is 0 Å². The number of carbonyl (C=O) groups excluding carboxylic acids is 1. The molecule has 1 aromatic heterocycles. The van der Waals surface area contributed by atoms with E-state index in [-0.39, 0.29) is 4.47 Å². The van der Waals surface area contributed by atoms with Gasteiger partial charge in [0.25, 0.3) is 0 Å². The van der Waals surface area contributed by atoms with E-state index in [9.17, 15) is 18.0 Å². The minimum absolute atomic E-state index is 0.0313. The maximum Gasteiger partial charge on any atom is 0.418 e. The molecule has 0 radical (unpaired) electrons. The number of hydrogen-bond donors (Lipinski definition) is 2. The molecule has 0 unspecified atom stereocenters. The number of Topliss-reactive ketones (excluding diaryl/α,β-unsaturated/α-hetero) is 1. The van der Waals surface area contributed by atoms with Crippen LogP contribution in [0.3, 0.4) is 0 Å². The highest BCUT2D eigenvalue weighted by atomic mass is 79.9. The second-order valence-corrected chi connectivity index (χ2v) is 3.70. The van der Waals surface area contributed by atoms with Crippen molar-refractivity contribution >= 4 is 21.7 Å². The molecule has 0 fully saturated rings. The molecule has 16 heavy (non-hydrogen) atoms. The topological polar surface area (TPSA) is 70.4 Å². The minimum Gasteiger partial charge on any atom is -0.362 e. The van der Waals surface area contributed by atoms with Crippen molar-refractivity contribution in [1.82, 2.24) is 4.98 Å². The van der Waals surface area contributed by atoms with E-state index in [1.54, 1.807) is 0 Å². The molecule has 4 nitrogen and oxygen atoms in total. The molecule has 0 atom stereocenters. The van der Waals surface area contributed by atoms with Gasteiger partial charge >= 0.3 is 6.18 Å². The molecule has 0 amide bonds. The first kappa shape index (κ1) is 13.1. The summed E-state index contributed by atoms with van der Waals surface area (Å²) < 4.78 is 37.5. The number of halogens is 4. The Morgan fingerprint density at radius 1 is 1.44 bits per heavy atom. The Hall–Kier alpha value is -0.990. The van der Waals surface area contributed by atoms with E-state index in [0.29, 0.717) is 6.07 Å². The van der Waals surface area contributed by atoms with Gasteiger partial charge < -0.3 is 10.2 Å². The normalized spacial score (nSPS) is 11.9. The molecular formula is C8H5BrF3NO3. The summed E-state index contributed by atoms with van der Waals surface area (Å²) in [6.07, 6.45) is -6.35. The van der Waals surface area contributed by atoms with Crippen LogP contribution in [0.2, 0.25) is 0 Å². The molecular weight excluding hydrogens is 295 g/mol. The van der Waals surface area contributed by atoms with Crippen LogP contribution in [0.4, 0.5) is 13.2 Å². The summed E-state index contributed by atoms with van der Waals surface area (Å²) in [6.45, 7) is 0. The Labute approximate surface area is 95.9 Å². The number of carbonyl (C=O) groups is 1. The highest BCUT2D eigenvalue weighted by molar-refractivity contribution is 9.10. The number of aromatic nitrogens is 1. The summed E-state index contributed by atoms with van der Waals surface area (Å²) in [4.78, 5) is 14.3. The zero-order chi connectivity index (χ0) is 12.5. The van der Waals surface area contributed by atoms with Gasteiger partial charge in [0.15, 0.2) is 0 Å². The smallest absolute Gasteiger partial charge is 0.362 e. The fourth-order valence-electron chi connectivity index (χ4n) is 0.974. The fraction of sp³-hybridized carbons (Fsp3) is 0.250. The number of nitrogens with zero attached hydrogens (tertiary/aromatic N) is 1. The minimum atomic E-state index is -4.79. The lowest BCUT2D eigenvalue weighted by molar-refractivity contribution is -0.138. The highest BCUT2D eigenvalue weighted by Crippen LogP contribution is 2.33. The van der Waals surface area contributed by atoms with Crippen LogP contribution < -0.4 is 0 Å². The van der Waals surface area contributed by atoms with Crippen molar-refractivity contribution in [2.45, 2.75) is 12.5 Å². The third-order valence-corrected chi connectivity index (χ3v) is 2.06. The van der Waals surface area contributed by atoms with Gasteiger partial charge in [0, 0.05) is 10.7 Å². The van der Waals surface area contributed by atoms with Gasteiger partial charge in [0.1, 0.15) is 5.69 Å². The van der Waals surface area contributed by atoms with E-state index in [4.69, 9.17) is 10.2 Å². The van der Waals surface area contributed by atoms with Gasteiger partial charge in [-0.3, -0.25) is 9.78 Å². The van der Waals surface area contributed by atoms with Gasteiger partial charge in [-0.25, -0.2) is 0 Å². The molecule has 1 rings (SSSR count). The third-order valence-electron chi connectivity index (χ3n) is 1.63. The Balaban J connectivity index is 3.34. The first-order chi connectivity index (χ1) is 7.23. The quantitative estimate of drug-likeness (QED) is 0.639. The predicted molar refractivity (Wildman–Crippen MR) is 49.5 cm³/mol. The Bertz CT molecular complexity index is 419. The summed E-state index contributed by atoms with van der Waals surface area (Å²) in [7, 11) is 0. The van der Waals surface area contributed by atoms with E-state index in [2.05, 4.69) is 20.9 Å². The van der Waals surface area contributed by atoms with Gasteiger partial charge in [0.05, 0.1) is 5.56 Å². The van der Waals surface area contributed by atoms with Crippen LogP contribution in [0.25, 0.3) is 0 Å². The Morgan fingerprint density at radius 3 is 2.44 bits per heavy atom. The van der Waals surface area contributed by atoms with Crippen molar-refractivity contribution in [3.63, 3.8) is 0 Å². The van der Waals surface area contributed by atoms with Crippen molar-refractivity contribution < 1.29 is 28.2 Å². The zero-order valence-electron chi connectivity index (χ0n) is 7.49. The largest absolute Gasteiger partial charge is 0.418 e. The second kappa shape index (κ2) is 4.48. The molecule has 0 aliphatic rings. The van der Waals surface area contributed by atoms with Crippen LogP contribution in [0, 0.1) is 0 Å². The Kier molecular flexibility index (Phi) is 3.66. The number of alkyl halides is 3. The number of aliphatic hydroxyl groups excluding tert-OH is 1. The SMILES string of the molecule is O=C(c1ncc(Br)cc1C(F)(F)F)C(O)O. The molecule has 1 aromatic rings. The lowest BCUT2D eigenvalue weighted by Gasteiger charge is -2.11. The molecule has 0 bridgehead atoms. The zero-order valence-corrected chi connectivity index (χ0v) is 9.08. The maximum absolute atomic E-state index is 12.5. The van der Waals surface area contributed by atoms with Crippen molar-refractivity contribution in [3.05, 3.63) is 28.0 Å². The maximum atomic E-state index is 12.5. The molecule has 0 aliphatic carbocycles. The van der Waals surface area contributed by atoms with Crippen LogP contribution >= 0.6 is 15.9 Å². The number of pyridine rings is 1. The molecule has 1 heterocycles. The van der Waals surface area contributed by atoms with Crippen LogP contribution in [-0.4, -0.2) is 27.3 Å². The number of rotatable bonds is 2. The molecule has 0 spiro atoms. The molecule has 88 valence electrons. The average Bonchev–Trinajstić information content (AvgIpc) is 2.15. The standard InChI is InChI=1S/C8H5BrF3NO3/c9-3-1-4(8(10,11)12)5(13-2-3)6(14)7(15)16/h1-2,7,15-16H. The summed E-state index contributed by atoms with van der Waals surface area (Å²) in [6, 6.07) is 0.641. The Morgan fingerprint density at radius 2 is 2.00 bits per heavy atom.